The average Bonchev–Trinajstić information content (AvgIpc) is 3.08. The van der Waals surface area contributed by atoms with E-state index in [2.05, 4.69) is 20.1 Å². The van der Waals surface area contributed by atoms with Crippen LogP contribution in [0.15, 0.2) is 33.7 Å². The molecule has 9 nitrogen and oxygen atoms in total. The number of benzene rings is 1. The third-order valence-electron chi connectivity index (χ3n) is 5.17. The van der Waals surface area contributed by atoms with Gasteiger partial charge in [-0.1, -0.05) is 17.3 Å². The molecule has 1 saturated heterocycles. The van der Waals surface area contributed by atoms with Crippen molar-refractivity contribution in [3.8, 4) is 0 Å². The molecule has 2 aromatic rings. The third-order valence-corrected chi connectivity index (χ3v) is 6.96. The van der Waals surface area contributed by atoms with Crippen LogP contribution in [0.1, 0.15) is 30.0 Å². The summed E-state index contributed by atoms with van der Waals surface area (Å²) < 4.78 is 51.3. The molecule has 1 aliphatic heterocycles. The molecule has 0 radical (unpaired) electrons. The predicted octanol–water partition coefficient (Wildman–Crippen LogP) is 1.29. The molecule has 31 heavy (non-hydrogen) atoms. The Morgan fingerprint density at radius 1 is 1.23 bits per heavy atom. The number of nitrogens with zero attached hydrogens (tertiary/aromatic N) is 2. The number of hydrogen-bond donors (Lipinski definition) is 2. The molecular formula is C20H27FN4O5S. The number of nitrogens with one attached hydrogen (secondary N) is 2. The van der Waals surface area contributed by atoms with Gasteiger partial charge in [0, 0.05) is 19.6 Å². The second-order valence-corrected chi connectivity index (χ2v) is 9.11. The lowest BCUT2D eigenvalue weighted by Crippen LogP contribution is -2.48. The van der Waals surface area contributed by atoms with Crippen LogP contribution in [0, 0.1) is 19.7 Å². The van der Waals surface area contributed by atoms with Crippen molar-refractivity contribution in [2.75, 3.05) is 32.8 Å². The van der Waals surface area contributed by atoms with E-state index in [4.69, 9.17) is 9.26 Å². The van der Waals surface area contributed by atoms with Gasteiger partial charge in [-0.05, 0) is 38.5 Å². The molecule has 2 heterocycles. The summed E-state index contributed by atoms with van der Waals surface area (Å²) in [4.78, 5) is 14.7. The molecule has 2 N–H and O–H groups in total. The molecular weight excluding hydrogens is 427 g/mol. The van der Waals surface area contributed by atoms with Gasteiger partial charge in [0.2, 0.25) is 15.9 Å². The molecule has 0 spiro atoms. The number of carbonyl (C=O) groups excluding carboxylic acids is 1. The molecule has 1 aromatic carbocycles. The number of amides is 1. The van der Waals surface area contributed by atoms with Crippen LogP contribution >= 0.6 is 0 Å². The van der Waals surface area contributed by atoms with Gasteiger partial charge in [-0.3, -0.25) is 9.69 Å². The molecule has 1 aliphatic rings. The van der Waals surface area contributed by atoms with Crippen LogP contribution in [-0.2, 0) is 19.6 Å². The summed E-state index contributed by atoms with van der Waals surface area (Å²) in [6.07, 6.45) is 0. The van der Waals surface area contributed by atoms with E-state index in [-0.39, 0.29) is 34.8 Å². The van der Waals surface area contributed by atoms with Crippen LogP contribution in [-0.4, -0.2) is 63.3 Å². The molecule has 170 valence electrons. The SMILES string of the molecule is Cc1noc(C)c1S(=O)(=O)N[C@@H](C)C(=O)NCC(c1ccc(F)cc1)N1CCOCC1. The minimum atomic E-state index is -3.97. The maximum Gasteiger partial charge on any atom is 0.246 e. The van der Waals surface area contributed by atoms with Gasteiger partial charge in [-0.15, -0.1) is 0 Å². The van der Waals surface area contributed by atoms with Gasteiger partial charge in [-0.2, -0.15) is 4.72 Å². The number of carbonyl (C=O) groups is 1. The van der Waals surface area contributed by atoms with E-state index >= 15 is 0 Å². The summed E-state index contributed by atoms with van der Waals surface area (Å²) in [5.41, 5.74) is 1.08. The number of morpholine rings is 1. The minimum absolute atomic E-state index is 0.0651. The largest absolute Gasteiger partial charge is 0.379 e. The fraction of sp³-hybridized carbons (Fsp3) is 0.500. The van der Waals surface area contributed by atoms with Crippen LogP contribution in [0.4, 0.5) is 4.39 Å². The summed E-state index contributed by atoms with van der Waals surface area (Å²) in [6.45, 7) is 7.20. The second kappa shape index (κ2) is 9.86. The first-order chi connectivity index (χ1) is 14.7. The van der Waals surface area contributed by atoms with E-state index in [1.54, 1.807) is 12.1 Å². The van der Waals surface area contributed by atoms with E-state index in [0.29, 0.717) is 26.3 Å². The molecule has 2 atom stereocenters. The highest BCUT2D eigenvalue weighted by Crippen LogP contribution is 2.22. The number of halogens is 1. The van der Waals surface area contributed by atoms with Crippen molar-refractivity contribution in [2.45, 2.75) is 37.8 Å². The topological polar surface area (TPSA) is 114 Å². The first kappa shape index (κ1) is 23.3. The number of sulfonamides is 1. The molecule has 1 amide bonds. The number of aryl methyl sites for hydroxylation is 2. The third kappa shape index (κ3) is 5.67. The molecule has 0 saturated carbocycles. The van der Waals surface area contributed by atoms with Gasteiger partial charge < -0.3 is 14.6 Å². The second-order valence-electron chi connectivity index (χ2n) is 7.46. The maximum atomic E-state index is 13.4. The van der Waals surface area contributed by atoms with Crippen molar-refractivity contribution in [3.63, 3.8) is 0 Å². The van der Waals surface area contributed by atoms with Crippen molar-refractivity contribution in [3.05, 3.63) is 47.1 Å². The summed E-state index contributed by atoms with van der Waals surface area (Å²) in [5.74, 6) is -0.659. The molecule has 1 unspecified atom stereocenters. The zero-order valence-electron chi connectivity index (χ0n) is 17.7. The normalized spacial score (nSPS) is 17.3. The van der Waals surface area contributed by atoms with Crippen LogP contribution in [0.25, 0.3) is 0 Å². The van der Waals surface area contributed by atoms with E-state index in [9.17, 15) is 17.6 Å². The predicted molar refractivity (Wildman–Crippen MR) is 110 cm³/mol. The van der Waals surface area contributed by atoms with Crippen molar-refractivity contribution in [2.24, 2.45) is 0 Å². The lowest BCUT2D eigenvalue weighted by molar-refractivity contribution is -0.122. The number of aromatic nitrogens is 1. The van der Waals surface area contributed by atoms with Crippen molar-refractivity contribution in [1.29, 1.82) is 0 Å². The zero-order valence-corrected chi connectivity index (χ0v) is 18.5. The lowest BCUT2D eigenvalue weighted by atomic mass is 10.0. The average molecular weight is 455 g/mol. The number of rotatable bonds is 8. The Bertz CT molecular complexity index is 984. The van der Waals surface area contributed by atoms with E-state index in [1.807, 2.05) is 0 Å². The fourth-order valence-corrected chi connectivity index (χ4v) is 5.12. The minimum Gasteiger partial charge on any atom is -0.379 e. The highest BCUT2D eigenvalue weighted by molar-refractivity contribution is 7.89. The van der Waals surface area contributed by atoms with Gasteiger partial charge in [0.05, 0.1) is 25.3 Å². The highest BCUT2D eigenvalue weighted by atomic mass is 32.2. The highest BCUT2D eigenvalue weighted by Gasteiger charge is 2.29. The Morgan fingerprint density at radius 2 is 1.87 bits per heavy atom. The quantitative estimate of drug-likeness (QED) is 0.618. The van der Waals surface area contributed by atoms with Crippen LogP contribution in [0.3, 0.4) is 0 Å². The summed E-state index contributed by atoms with van der Waals surface area (Å²) in [5, 5.41) is 6.46. The molecule has 11 heteroatoms. The Hall–Kier alpha value is -2.34. The Balaban J connectivity index is 1.67. The first-order valence-corrected chi connectivity index (χ1v) is 11.5. The zero-order chi connectivity index (χ0) is 22.6. The van der Waals surface area contributed by atoms with Gasteiger partial charge in [0.1, 0.15) is 16.4 Å². The Labute approximate surface area is 181 Å². The summed E-state index contributed by atoms with van der Waals surface area (Å²) in [7, 11) is -3.97. The lowest BCUT2D eigenvalue weighted by Gasteiger charge is -2.35. The standard InChI is InChI=1S/C20H27FN4O5S/c1-13-19(15(3)30-23-13)31(27,28)24-14(2)20(26)22-12-18(25-8-10-29-11-9-25)16-4-6-17(21)7-5-16/h4-7,14,18,24H,8-12H2,1-3H3,(H,22,26)/t14-,18?/m0/s1. The van der Waals surface area contributed by atoms with Crippen molar-refractivity contribution in [1.82, 2.24) is 20.1 Å². The van der Waals surface area contributed by atoms with Gasteiger partial charge >= 0.3 is 0 Å². The molecule has 3 rings (SSSR count). The maximum absolute atomic E-state index is 13.4. The first-order valence-electron chi connectivity index (χ1n) is 9.99. The number of ether oxygens (including phenoxy) is 1. The molecule has 0 bridgehead atoms. The van der Waals surface area contributed by atoms with Crippen LogP contribution in [0.5, 0.6) is 0 Å². The molecule has 1 fully saturated rings. The smallest absolute Gasteiger partial charge is 0.246 e. The van der Waals surface area contributed by atoms with Crippen LogP contribution < -0.4 is 10.0 Å². The monoisotopic (exact) mass is 454 g/mol. The van der Waals surface area contributed by atoms with E-state index in [0.717, 1.165) is 5.56 Å². The van der Waals surface area contributed by atoms with Crippen molar-refractivity contribution < 1.29 is 26.9 Å². The Kier molecular flexibility index (Phi) is 7.42. The van der Waals surface area contributed by atoms with Gasteiger partial charge in [0.15, 0.2) is 5.76 Å². The van der Waals surface area contributed by atoms with E-state index < -0.39 is 22.0 Å². The van der Waals surface area contributed by atoms with Crippen molar-refractivity contribution >= 4 is 15.9 Å². The van der Waals surface area contributed by atoms with Crippen LogP contribution in [0.2, 0.25) is 0 Å². The number of hydrogen-bond acceptors (Lipinski definition) is 7. The van der Waals surface area contributed by atoms with Gasteiger partial charge in [-0.25, -0.2) is 12.8 Å². The molecule has 1 aromatic heterocycles. The fourth-order valence-electron chi connectivity index (χ4n) is 3.59. The van der Waals surface area contributed by atoms with E-state index in [1.165, 1.54) is 32.9 Å². The summed E-state index contributed by atoms with van der Waals surface area (Å²) >= 11 is 0. The molecule has 0 aliphatic carbocycles. The van der Waals surface area contributed by atoms with Gasteiger partial charge in [0.25, 0.3) is 0 Å². The summed E-state index contributed by atoms with van der Waals surface area (Å²) in [6, 6.07) is 4.92. The Morgan fingerprint density at radius 3 is 2.45 bits per heavy atom.